The number of rotatable bonds is 4. The van der Waals surface area contributed by atoms with Crippen LogP contribution in [0.15, 0.2) is 28.7 Å². The van der Waals surface area contributed by atoms with E-state index in [0.717, 1.165) is 30.6 Å². The fourth-order valence-corrected chi connectivity index (χ4v) is 2.36. The second-order valence-electron chi connectivity index (χ2n) is 4.81. The van der Waals surface area contributed by atoms with E-state index in [0.29, 0.717) is 12.1 Å². The summed E-state index contributed by atoms with van der Waals surface area (Å²) in [6.45, 7) is 3.35. The SMILES string of the molecule is CN1CCOC(CCNC(=O)c2ccc(Br)cc2)C1. The van der Waals surface area contributed by atoms with Crippen LogP contribution < -0.4 is 5.32 Å². The van der Waals surface area contributed by atoms with Gasteiger partial charge >= 0.3 is 0 Å². The van der Waals surface area contributed by atoms with E-state index in [1.807, 2.05) is 24.3 Å². The topological polar surface area (TPSA) is 41.6 Å². The average molecular weight is 327 g/mol. The molecule has 1 fully saturated rings. The lowest BCUT2D eigenvalue weighted by Crippen LogP contribution is -2.41. The summed E-state index contributed by atoms with van der Waals surface area (Å²) in [5, 5.41) is 2.93. The molecule has 1 atom stereocenters. The number of benzene rings is 1. The maximum Gasteiger partial charge on any atom is 0.251 e. The summed E-state index contributed by atoms with van der Waals surface area (Å²) in [5.41, 5.74) is 0.685. The van der Waals surface area contributed by atoms with Crippen LogP contribution in [-0.2, 0) is 4.74 Å². The molecule has 4 nitrogen and oxygen atoms in total. The van der Waals surface area contributed by atoms with Crippen LogP contribution in [-0.4, -0.2) is 50.2 Å². The lowest BCUT2D eigenvalue weighted by Gasteiger charge is -2.30. The largest absolute Gasteiger partial charge is 0.375 e. The fourth-order valence-electron chi connectivity index (χ4n) is 2.09. The van der Waals surface area contributed by atoms with Gasteiger partial charge in [-0.15, -0.1) is 0 Å². The summed E-state index contributed by atoms with van der Waals surface area (Å²) in [6.07, 6.45) is 1.08. The van der Waals surface area contributed by atoms with Crippen molar-refractivity contribution in [2.75, 3.05) is 33.3 Å². The Morgan fingerprint density at radius 2 is 2.21 bits per heavy atom. The van der Waals surface area contributed by atoms with Gasteiger partial charge in [0.2, 0.25) is 0 Å². The minimum absolute atomic E-state index is 0.0309. The number of hydrogen-bond donors (Lipinski definition) is 1. The number of halogens is 1. The van der Waals surface area contributed by atoms with Crippen LogP contribution >= 0.6 is 15.9 Å². The molecule has 1 aliphatic heterocycles. The number of amides is 1. The molecule has 1 unspecified atom stereocenters. The van der Waals surface area contributed by atoms with Gasteiger partial charge in [-0.2, -0.15) is 0 Å². The quantitative estimate of drug-likeness (QED) is 0.918. The number of nitrogens with zero attached hydrogens (tertiary/aromatic N) is 1. The molecule has 0 saturated carbocycles. The van der Waals surface area contributed by atoms with Crippen molar-refractivity contribution in [2.45, 2.75) is 12.5 Å². The van der Waals surface area contributed by atoms with Gasteiger partial charge in [0.1, 0.15) is 0 Å². The first-order chi connectivity index (χ1) is 9.15. The highest BCUT2D eigenvalue weighted by atomic mass is 79.9. The summed E-state index contributed by atoms with van der Waals surface area (Å²) in [5.74, 6) is -0.0309. The number of carbonyl (C=O) groups is 1. The van der Waals surface area contributed by atoms with Crippen molar-refractivity contribution in [1.29, 1.82) is 0 Å². The molecule has 5 heteroatoms. The van der Waals surface area contributed by atoms with E-state index in [4.69, 9.17) is 4.74 Å². The minimum Gasteiger partial charge on any atom is -0.375 e. The molecule has 1 aromatic carbocycles. The van der Waals surface area contributed by atoms with Crippen LogP contribution in [0.5, 0.6) is 0 Å². The summed E-state index contributed by atoms with van der Waals surface area (Å²) in [4.78, 5) is 14.1. The Balaban J connectivity index is 1.73. The molecule has 1 N–H and O–H groups in total. The molecule has 104 valence electrons. The van der Waals surface area contributed by atoms with Gasteiger partial charge in [0, 0.05) is 29.7 Å². The first-order valence-corrected chi connectivity index (χ1v) is 7.28. The zero-order chi connectivity index (χ0) is 13.7. The molecular weight excluding hydrogens is 308 g/mol. The van der Waals surface area contributed by atoms with Gasteiger partial charge < -0.3 is 15.0 Å². The first-order valence-electron chi connectivity index (χ1n) is 6.49. The first kappa shape index (κ1) is 14.5. The van der Waals surface area contributed by atoms with Gasteiger partial charge in [-0.25, -0.2) is 0 Å². The van der Waals surface area contributed by atoms with Gasteiger partial charge in [-0.05, 0) is 37.7 Å². The number of likely N-dealkylation sites (N-methyl/N-ethyl adjacent to an activating group) is 1. The van der Waals surface area contributed by atoms with Crippen molar-refractivity contribution in [3.05, 3.63) is 34.3 Å². The van der Waals surface area contributed by atoms with Gasteiger partial charge in [0.25, 0.3) is 5.91 Å². The minimum atomic E-state index is -0.0309. The van der Waals surface area contributed by atoms with Crippen molar-refractivity contribution >= 4 is 21.8 Å². The lowest BCUT2D eigenvalue weighted by atomic mass is 10.2. The van der Waals surface area contributed by atoms with Crippen molar-refractivity contribution in [2.24, 2.45) is 0 Å². The summed E-state index contributed by atoms with van der Waals surface area (Å²) in [6, 6.07) is 7.36. The Morgan fingerprint density at radius 1 is 1.47 bits per heavy atom. The zero-order valence-corrected chi connectivity index (χ0v) is 12.6. The third-order valence-electron chi connectivity index (χ3n) is 3.20. The van der Waals surface area contributed by atoms with Crippen LogP contribution in [0, 0.1) is 0 Å². The third-order valence-corrected chi connectivity index (χ3v) is 3.73. The molecule has 1 heterocycles. The number of hydrogen-bond acceptors (Lipinski definition) is 3. The molecule has 1 saturated heterocycles. The molecule has 1 aliphatic rings. The number of morpholine rings is 1. The van der Waals surface area contributed by atoms with Gasteiger partial charge in [-0.1, -0.05) is 15.9 Å². The number of ether oxygens (including phenoxy) is 1. The number of nitrogens with one attached hydrogen (secondary N) is 1. The Hall–Kier alpha value is -0.910. The maximum absolute atomic E-state index is 11.9. The van der Waals surface area contributed by atoms with E-state index in [2.05, 4.69) is 33.2 Å². The number of carbonyl (C=O) groups excluding carboxylic acids is 1. The standard InChI is InChI=1S/C14H19BrN2O2/c1-17-8-9-19-13(10-17)6-7-16-14(18)11-2-4-12(15)5-3-11/h2-5,13H,6-10H2,1H3,(H,16,18). The van der Waals surface area contributed by atoms with E-state index < -0.39 is 0 Å². The summed E-state index contributed by atoms with van der Waals surface area (Å²) >= 11 is 3.35. The van der Waals surface area contributed by atoms with Gasteiger partial charge in [0.05, 0.1) is 12.7 Å². The Morgan fingerprint density at radius 3 is 2.89 bits per heavy atom. The van der Waals surface area contributed by atoms with Crippen LogP contribution in [0.25, 0.3) is 0 Å². The highest BCUT2D eigenvalue weighted by Crippen LogP contribution is 2.10. The molecule has 0 spiro atoms. The normalized spacial score (nSPS) is 20.2. The van der Waals surface area contributed by atoms with Crippen molar-refractivity contribution in [3.8, 4) is 0 Å². The molecule has 19 heavy (non-hydrogen) atoms. The van der Waals surface area contributed by atoms with Crippen molar-refractivity contribution in [1.82, 2.24) is 10.2 Å². The molecule has 0 bridgehead atoms. The smallest absolute Gasteiger partial charge is 0.251 e. The van der Waals surface area contributed by atoms with E-state index in [1.54, 1.807) is 0 Å². The summed E-state index contributed by atoms with van der Waals surface area (Å²) in [7, 11) is 2.09. The molecule has 1 amide bonds. The molecule has 0 aliphatic carbocycles. The molecule has 1 aromatic rings. The Bertz CT molecular complexity index is 422. The van der Waals surface area contributed by atoms with Gasteiger partial charge in [-0.3, -0.25) is 4.79 Å². The van der Waals surface area contributed by atoms with E-state index >= 15 is 0 Å². The van der Waals surface area contributed by atoms with E-state index in [1.165, 1.54) is 0 Å². The monoisotopic (exact) mass is 326 g/mol. The Kier molecular flexibility index (Phi) is 5.36. The van der Waals surface area contributed by atoms with Crippen molar-refractivity contribution < 1.29 is 9.53 Å². The second-order valence-corrected chi connectivity index (χ2v) is 5.72. The zero-order valence-electron chi connectivity index (χ0n) is 11.1. The second kappa shape index (κ2) is 7.03. The Labute approximate surface area is 122 Å². The van der Waals surface area contributed by atoms with Crippen LogP contribution in [0.2, 0.25) is 0 Å². The molecule has 0 radical (unpaired) electrons. The maximum atomic E-state index is 11.9. The molecular formula is C14H19BrN2O2. The highest BCUT2D eigenvalue weighted by Gasteiger charge is 2.17. The summed E-state index contributed by atoms with van der Waals surface area (Å²) < 4.78 is 6.63. The third kappa shape index (κ3) is 4.60. The van der Waals surface area contributed by atoms with Crippen LogP contribution in [0.4, 0.5) is 0 Å². The fraction of sp³-hybridized carbons (Fsp3) is 0.500. The predicted molar refractivity (Wildman–Crippen MR) is 78.3 cm³/mol. The van der Waals surface area contributed by atoms with Gasteiger partial charge in [0.15, 0.2) is 0 Å². The van der Waals surface area contributed by atoms with Crippen molar-refractivity contribution in [3.63, 3.8) is 0 Å². The predicted octanol–water partition coefficient (Wildman–Crippen LogP) is 1.90. The highest BCUT2D eigenvalue weighted by molar-refractivity contribution is 9.10. The molecule has 0 aromatic heterocycles. The van der Waals surface area contributed by atoms with Crippen LogP contribution in [0.3, 0.4) is 0 Å². The van der Waals surface area contributed by atoms with E-state index in [-0.39, 0.29) is 12.0 Å². The van der Waals surface area contributed by atoms with Crippen LogP contribution in [0.1, 0.15) is 16.8 Å². The van der Waals surface area contributed by atoms with E-state index in [9.17, 15) is 4.79 Å². The average Bonchev–Trinajstić information content (AvgIpc) is 2.39. The lowest BCUT2D eigenvalue weighted by molar-refractivity contribution is -0.0225. The molecule has 2 rings (SSSR count).